The first-order valence-corrected chi connectivity index (χ1v) is 8.73. The van der Waals surface area contributed by atoms with Gasteiger partial charge in [0.2, 0.25) is 0 Å². The second-order valence-corrected chi connectivity index (χ2v) is 6.90. The summed E-state index contributed by atoms with van der Waals surface area (Å²) in [6.07, 6.45) is 0. The average molecular weight is 406 g/mol. The van der Waals surface area contributed by atoms with Crippen LogP contribution in [0.25, 0.3) is 33.0 Å². The molecule has 0 N–H and O–H groups in total. The van der Waals surface area contributed by atoms with Gasteiger partial charge in [0, 0.05) is 3.57 Å². The molecule has 0 atom stereocenters. The van der Waals surface area contributed by atoms with Gasteiger partial charge in [0.15, 0.2) is 0 Å². The van der Waals surface area contributed by atoms with E-state index in [9.17, 15) is 0 Å². The van der Waals surface area contributed by atoms with E-state index in [-0.39, 0.29) is 0 Å². The van der Waals surface area contributed by atoms with E-state index in [0.29, 0.717) is 0 Å². The minimum atomic E-state index is 1.26. The van der Waals surface area contributed by atoms with Crippen LogP contribution in [0.1, 0.15) is 0 Å². The third-order valence-corrected chi connectivity index (χ3v) is 4.77. The average Bonchev–Trinajstić information content (AvgIpc) is 2.61. The second-order valence-electron chi connectivity index (χ2n) is 5.65. The van der Waals surface area contributed by atoms with E-state index < -0.39 is 0 Å². The fourth-order valence-corrected chi connectivity index (χ4v) is 3.46. The van der Waals surface area contributed by atoms with Crippen LogP contribution in [0.2, 0.25) is 0 Å². The maximum Gasteiger partial charge on any atom is 0.0136 e. The van der Waals surface area contributed by atoms with Crippen molar-refractivity contribution in [1.29, 1.82) is 0 Å². The molecule has 0 aliphatic heterocycles. The number of rotatable bonds is 2. The van der Waals surface area contributed by atoms with Crippen molar-refractivity contribution in [2.75, 3.05) is 0 Å². The van der Waals surface area contributed by atoms with E-state index in [1.807, 2.05) is 0 Å². The first-order chi connectivity index (χ1) is 11.3. The van der Waals surface area contributed by atoms with Crippen LogP contribution >= 0.6 is 22.6 Å². The second kappa shape index (κ2) is 6.17. The van der Waals surface area contributed by atoms with Gasteiger partial charge in [-0.1, -0.05) is 66.7 Å². The first-order valence-electron chi connectivity index (χ1n) is 7.65. The van der Waals surface area contributed by atoms with E-state index in [2.05, 4.69) is 114 Å². The Hall–Kier alpha value is -2.13. The highest BCUT2D eigenvalue weighted by atomic mass is 127. The van der Waals surface area contributed by atoms with Gasteiger partial charge in [-0.15, -0.1) is 0 Å². The van der Waals surface area contributed by atoms with Gasteiger partial charge >= 0.3 is 0 Å². The molecule has 0 radical (unpaired) electrons. The predicted molar refractivity (Wildman–Crippen MR) is 108 cm³/mol. The van der Waals surface area contributed by atoms with Gasteiger partial charge in [-0.3, -0.25) is 0 Å². The Kier molecular flexibility index (Phi) is 3.88. The van der Waals surface area contributed by atoms with Crippen LogP contribution in [-0.4, -0.2) is 0 Å². The van der Waals surface area contributed by atoms with Gasteiger partial charge in [-0.05, 0) is 79.9 Å². The molecule has 0 saturated carbocycles. The Bertz CT molecular complexity index is 986. The zero-order valence-electron chi connectivity index (χ0n) is 12.5. The molecule has 0 aromatic heterocycles. The van der Waals surface area contributed by atoms with Crippen molar-refractivity contribution in [2.45, 2.75) is 0 Å². The molecule has 0 fully saturated rings. The lowest BCUT2D eigenvalue weighted by Crippen LogP contribution is -1.83. The summed E-state index contributed by atoms with van der Waals surface area (Å²) in [6.45, 7) is 0. The number of hydrogen-bond donors (Lipinski definition) is 0. The van der Waals surface area contributed by atoms with Crippen LogP contribution in [0.4, 0.5) is 0 Å². The molecule has 110 valence electrons. The molecule has 0 amide bonds. The van der Waals surface area contributed by atoms with Crippen molar-refractivity contribution in [1.82, 2.24) is 0 Å². The Labute approximate surface area is 149 Å². The van der Waals surface area contributed by atoms with Crippen molar-refractivity contribution in [2.24, 2.45) is 0 Å². The number of halogens is 1. The standard InChI is InChI=1S/C22H15I/c23-22-10-4-9-20(15-22)18-7-3-8-19(14-18)21-12-11-16-5-1-2-6-17(16)13-21/h1-15H. The van der Waals surface area contributed by atoms with Crippen LogP contribution in [0.5, 0.6) is 0 Å². The predicted octanol–water partition coefficient (Wildman–Crippen LogP) is 6.78. The lowest BCUT2D eigenvalue weighted by Gasteiger charge is -2.08. The molecular formula is C22H15I. The molecule has 4 aromatic carbocycles. The van der Waals surface area contributed by atoms with E-state index in [4.69, 9.17) is 0 Å². The zero-order valence-corrected chi connectivity index (χ0v) is 14.7. The van der Waals surface area contributed by atoms with Crippen LogP contribution in [-0.2, 0) is 0 Å². The molecular weight excluding hydrogens is 391 g/mol. The van der Waals surface area contributed by atoms with E-state index >= 15 is 0 Å². The van der Waals surface area contributed by atoms with Crippen LogP contribution in [0.3, 0.4) is 0 Å². The molecule has 23 heavy (non-hydrogen) atoms. The monoisotopic (exact) mass is 406 g/mol. The molecule has 0 saturated heterocycles. The van der Waals surface area contributed by atoms with Gasteiger partial charge < -0.3 is 0 Å². The summed E-state index contributed by atoms with van der Waals surface area (Å²) in [5, 5.41) is 2.56. The Morgan fingerprint density at radius 2 is 1.04 bits per heavy atom. The van der Waals surface area contributed by atoms with Crippen molar-refractivity contribution in [3.63, 3.8) is 0 Å². The molecule has 0 bridgehead atoms. The molecule has 0 spiro atoms. The third kappa shape index (κ3) is 3.02. The molecule has 0 nitrogen and oxygen atoms in total. The summed E-state index contributed by atoms with van der Waals surface area (Å²) >= 11 is 2.36. The largest absolute Gasteiger partial charge is 0.0616 e. The summed E-state index contributed by atoms with van der Waals surface area (Å²) in [6, 6.07) is 32.6. The number of hydrogen-bond acceptors (Lipinski definition) is 0. The van der Waals surface area contributed by atoms with Crippen molar-refractivity contribution in [3.8, 4) is 22.3 Å². The van der Waals surface area contributed by atoms with Gasteiger partial charge in [-0.25, -0.2) is 0 Å². The maximum absolute atomic E-state index is 2.36. The molecule has 4 aromatic rings. The zero-order chi connectivity index (χ0) is 15.6. The Balaban J connectivity index is 1.81. The fourth-order valence-electron chi connectivity index (χ4n) is 2.92. The normalized spacial score (nSPS) is 10.8. The van der Waals surface area contributed by atoms with Crippen molar-refractivity contribution >= 4 is 33.4 Å². The number of benzene rings is 4. The topological polar surface area (TPSA) is 0 Å². The SMILES string of the molecule is Ic1cccc(-c2cccc(-c3ccc4ccccc4c3)c2)c1. The first kappa shape index (κ1) is 14.5. The van der Waals surface area contributed by atoms with Gasteiger partial charge in [0.25, 0.3) is 0 Å². The van der Waals surface area contributed by atoms with Crippen LogP contribution < -0.4 is 0 Å². The van der Waals surface area contributed by atoms with Crippen molar-refractivity contribution < 1.29 is 0 Å². The lowest BCUT2D eigenvalue weighted by atomic mass is 9.97. The van der Waals surface area contributed by atoms with E-state index in [1.54, 1.807) is 0 Å². The minimum Gasteiger partial charge on any atom is -0.0616 e. The number of fused-ring (bicyclic) bond motifs is 1. The summed E-state index contributed by atoms with van der Waals surface area (Å²) in [4.78, 5) is 0. The van der Waals surface area contributed by atoms with Crippen molar-refractivity contribution in [3.05, 3.63) is 94.6 Å². The van der Waals surface area contributed by atoms with Gasteiger partial charge in [0.05, 0.1) is 0 Å². The molecule has 0 heterocycles. The highest BCUT2D eigenvalue weighted by Crippen LogP contribution is 2.29. The lowest BCUT2D eigenvalue weighted by molar-refractivity contribution is 1.58. The van der Waals surface area contributed by atoms with Gasteiger partial charge in [-0.2, -0.15) is 0 Å². The minimum absolute atomic E-state index is 1.26. The van der Waals surface area contributed by atoms with E-state index in [1.165, 1.54) is 36.6 Å². The Morgan fingerprint density at radius 1 is 0.435 bits per heavy atom. The maximum atomic E-state index is 2.36. The molecule has 0 aliphatic carbocycles. The quantitative estimate of drug-likeness (QED) is 0.322. The Morgan fingerprint density at radius 3 is 1.78 bits per heavy atom. The highest BCUT2D eigenvalue weighted by molar-refractivity contribution is 14.1. The fraction of sp³-hybridized carbons (Fsp3) is 0. The molecule has 0 unspecified atom stereocenters. The summed E-state index contributed by atoms with van der Waals surface area (Å²) in [5.74, 6) is 0. The molecule has 1 heteroatoms. The highest BCUT2D eigenvalue weighted by Gasteiger charge is 2.03. The van der Waals surface area contributed by atoms with Gasteiger partial charge in [0.1, 0.15) is 0 Å². The molecule has 0 aliphatic rings. The molecule has 4 rings (SSSR count). The third-order valence-electron chi connectivity index (χ3n) is 4.10. The van der Waals surface area contributed by atoms with Crippen LogP contribution in [0.15, 0.2) is 91.0 Å². The summed E-state index contributed by atoms with van der Waals surface area (Å²) in [5.41, 5.74) is 5.04. The van der Waals surface area contributed by atoms with Crippen LogP contribution in [0, 0.1) is 3.57 Å². The summed E-state index contributed by atoms with van der Waals surface area (Å²) in [7, 11) is 0. The van der Waals surface area contributed by atoms with E-state index in [0.717, 1.165) is 0 Å². The smallest absolute Gasteiger partial charge is 0.0136 e. The summed E-state index contributed by atoms with van der Waals surface area (Å²) < 4.78 is 1.26.